The van der Waals surface area contributed by atoms with Gasteiger partial charge in [0.25, 0.3) is 0 Å². The Balaban J connectivity index is 1.93. The van der Waals surface area contributed by atoms with E-state index in [4.69, 9.17) is 34.3 Å². The zero-order chi connectivity index (χ0) is 16.4. The fraction of sp³-hybridized carbons (Fsp3) is 0.0588. The third kappa shape index (κ3) is 3.38. The van der Waals surface area contributed by atoms with Gasteiger partial charge in [0, 0.05) is 30.1 Å². The number of nitrogen functional groups attached to an aromatic ring is 1. The van der Waals surface area contributed by atoms with Crippen molar-refractivity contribution in [2.75, 3.05) is 0 Å². The van der Waals surface area contributed by atoms with Gasteiger partial charge in [-0.1, -0.05) is 41.4 Å². The Labute approximate surface area is 144 Å². The lowest BCUT2D eigenvalue weighted by atomic mass is 10.1. The van der Waals surface area contributed by atoms with Crippen LogP contribution < -0.4 is 5.73 Å². The monoisotopic (exact) mass is 344 g/mol. The Morgan fingerprint density at radius 1 is 1.13 bits per heavy atom. The minimum absolute atomic E-state index is 0.0576. The van der Waals surface area contributed by atoms with Gasteiger partial charge < -0.3 is 10.3 Å². The first-order chi connectivity index (χ1) is 11.0. The Bertz CT molecular complexity index is 871. The highest BCUT2D eigenvalue weighted by Crippen LogP contribution is 2.28. The summed E-state index contributed by atoms with van der Waals surface area (Å²) >= 11 is 12.1. The molecule has 23 heavy (non-hydrogen) atoms. The molecule has 6 heteroatoms. The maximum Gasteiger partial charge on any atom is 0.140 e. The predicted octanol–water partition coefficient (Wildman–Crippen LogP) is 4.19. The van der Waals surface area contributed by atoms with Gasteiger partial charge in [-0.2, -0.15) is 0 Å². The predicted molar refractivity (Wildman–Crippen MR) is 94.2 cm³/mol. The Kier molecular flexibility index (Phi) is 4.37. The first-order valence-electron chi connectivity index (χ1n) is 6.94. The number of nitrogens with one attached hydrogen (secondary N) is 1. The second-order valence-corrected chi connectivity index (χ2v) is 5.94. The van der Waals surface area contributed by atoms with Gasteiger partial charge in [0.2, 0.25) is 0 Å². The zero-order valence-corrected chi connectivity index (χ0v) is 13.6. The van der Waals surface area contributed by atoms with Crippen molar-refractivity contribution >= 4 is 29.0 Å². The first kappa shape index (κ1) is 15.6. The van der Waals surface area contributed by atoms with E-state index in [-0.39, 0.29) is 5.84 Å². The molecule has 116 valence electrons. The quantitative estimate of drug-likeness (QED) is 0.550. The molecular weight excluding hydrogens is 331 g/mol. The van der Waals surface area contributed by atoms with Gasteiger partial charge in [-0.25, -0.2) is 4.98 Å². The maximum absolute atomic E-state index is 7.53. The lowest BCUT2D eigenvalue weighted by Gasteiger charge is -2.10. The molecule has 3 rings (SSSR count). The highest BCUT2D eigenvalue weighted by Gasteiger charge is 2.09. The van der Waals surface area contributed by atoms with Crippen LogP contribution >= 0.6 is 23.2 Å². The van der Waals surface area contributed by atoms with Crippen LogP contribution in [0.3, 0.4) is 0 Å². The zero-order valence-electron chi connectivity index (χ0n) is 12.1. The molecule has 0 fully saturated rings. The van der Waals surface area contributed by atoms with Crippen LogP contribution in [-0.4, -0.2) is 15.4 Å². The number of hydrogen-bond donors (Lipinski definition) is 2. The molecular formula is C17H14Cl2N4. The van der Waals surface area contributed by atoms with Crippen molar-refractivity contribution in [3.05, 3.63) is 76.0 Å². The number of aromatic nitrogens is 2. The molecule has 0 atom stereocenters. The first-order valence-corrected chi connectivity index (χ1v) is 7.70. The van der Waals surface area contributed by atoms with Crippen LogP contribution in [0.2, 0.25) is 10.0 Å². The number of hydrogen-bond acceptors (Lipinski definition) is 2. The number of imidazole rings is 1. The number of nitrogens with two attached hydrogens (primary N) is 1. The van der Waals surface area contributed by atoms with Gasteiger partial charge in [0.05, 0.1) is 10.0 Å². The van der Waals surface area contributed by atoms with E-state index in [0.717, 1.165) is 17.0 Å². The molecule has 1 aromatic heterocycles. The summed E-state index contributed by atoms with van der Waals surface area (Å²) in [6.07, 6.45) is 3.64. The van der Waals surface area contributed by atoms with Crippen LogP contribution in [-0.2, 0) is 6.54 Å². The molecule has 0 spiro atoms. The molecule has 0 radical (unpaired) electrons. The molecule has 1 heterocycles. The molecule has 0 saturated heterocycles. The Morgan fingerprint density at radius 2 is 1.96 bits per heavy atom. The van der Waals surface area contributed by atoms with Gasteiger partial charge in [0.1, 0.15) is 11.7 Å². The minimum Gasteiger partial charge on any atom is -0.384 e. The fourth-order valence-corrected chi connectivity index (χ4v) is 2.66. The van der Waals surface area contributed by atoms with E-state index in [2.05, 4.69) is 4.98 Å². The molecule has 0 aliphatic carbocycles. The lowest BCUT2D eigenvalue weighted by Crippen LogP contribution is -2.11. The fourth-order valence-electron chi connectivity index (χ4n) is 2.37. The summed E-state index contributed by atoms with van der Waals surface area (Å²) in [6.45, 7) is 0.622. The average Bonchev–Trinajstić information content (AvgIpc) is 2.98. The van der Waals surface area contributed by atoms with Gasteiger partial charge in [-0.05, 0) is 29.8 Å². The van der Waals surface area contributed by atoms with Crippen molar-refractivity contribution in [3.63, 3.8) is 0 Å². The summed E-state index contributed by atoms with van der Waals surface area (Å²) in [5, 5.41) is 8.55. The van der Waals surface area contributed by atoms with E-state index in [0.29, 0.717) is 22.2 Å². The molecule has 2 aromatic carbocycles. The summed E-state index contributed by atoms with van der Waals surface area (Å²) in [6, 6.07) is 13.1. The molecule has 0 bridgehead atoms. The average molecular weight is 345 g/mol. The van der Waals surface area contributed by atoms with Crippen LogP contribution in [0, 0.1) is 5.41 Å². The summed E-state index contributed by atoms with van der Waals surface area (Å²) in [4.78, 5) is 4.41. The number of nitrogens with zero attached hydrogens (tertiary/aromatic N) is 2. The van der Waals surface area contributed by atoms with Crippen LogP contribution in [0.25, 0.3) is 11.4 Å². The molecule has 0 aliphatic rings. The topological polar surface area (TPSA) is 67.7 Å². The van der Waals surface area contributed by atoms with E-state index in [9.17, 15) is 0 Å². The molecule has 0 unspecified atom stereocenters. The summed E-state index contributed by atoms with van der Waals surface area (Å²) in [5.74, 6) is 0.860. The third-order valence-corrected chi connectivity index (χ3v) is 4.22. The number of amidine groups is 1. The number of rotatable bonds is 4. The minimum atomic E-state index is 0.0576. The molecule has 0 amide bonds. The largest absolute Gasteiger partial charge is 0.384 e. The van der Waals surface area contributed by atoms with Crippen LogP contribution in [0.5, 0.6) is 0 Å². The van der Waals surface area contributed by atoms with Crippen LogP contribution in [0.15, 0.2) is 54.9 Å². The molecule has 3 N–H and O–H groups in total. The number of benzene rings is 2. The molecule has 4 nitrogen and oxygen atoms in total. The normalized spacial score (nSPS) is 10.7. The van der Waals surface area contributed by atoms with E-state index in [1.54, 1.807) is 18.3 Å². The van der Waals surface area contributed by atoms with Gasteiger partial charge >= 0.3 is 0 Å². The van der Waals surface area contributed by atoms with E-state index in [1.807, 2.05) is 41.1 Å². The molecule has 0 saturated carbocycles. The second kappa shape index (κ2) is 6.44. The Morgan fingerprint density at radius 3 is 2.70 bits per heavy atom. The van der Waals surface area contributed by atoms with Crippen molar-refractivity contribution in [2.24, 2.45) is 5.73 Å². The van der Waals surface area contributed by atoms with E-state index in [1.165, 1.54) is 0 Å². The second-order valence-electron chi connectivity index (χ2n) is 5.12. The summed E-state index contributed by atoms with van der Waals surface area (Å²) in [5.41, 5.74) is 8.19. The smallest absolute Gasteiger partial charge is 0.140 e. The standard InChI is InChI=1S/C17H14Cl2N4/c18-14-5-4-13(9-15(14)19)17-22-6-7-23(17)10-11-2-1-3-12(8-11)16(20)21/h1-9H,10H2,(H3,20,21). The summed E-state index contributed by atoms with van der Waals surface area (Å²) < 4.78 is 2.01. The Hall–Kier alpha value is -2.30. The van der Waals surface area contributed by atoms with Crippen molar-refractivity contribution in [2.45, 2.75) is 6.54 Å². The van der Waals surface area contributed by atoms with Crippen LogP contribution in [0.1, 0.15) is 11.1 Å². The third-order valence-electron chi connectivity index (χ3n) is 3.48. The van der Waals surface area contributed by atoms with Crippen molar-refractivity contribution in [1.29, 1.82) is 5.41 Å². The van der Waals surface area contributed by atoms with Gasteiger partial charge in [-0.15, -0.1) is 0 Å². The lowest BCUT2D eigenvalue weighted by molar-refractivity contribution is 0.807. The maximum atomic E-state index is 7.53. The van der Waals surface area contributed by atoms with Crippen molar-refractivity contribution in [1.82, 2.24) is 9.55 Å². The highest BCUT2D eigenvalue weighted by molar-refractivity contribution is 6.42. The highest BCUT2D eigenvalue weighted by atomic mass is 35.5. The van der Waals surface area contributed by atoms with E-state index < -0.39 is 0 Å². The van der Waals surface area contributed by atoms with Crippen molar-refractivity contribution < 1.29 is 0 Å². The molecule has 3 aromatic rings. The number of halogens is 2. The van der Waals surface area contributed by atoms with Gasteiger partial charge in [0.15, 0.2) is 0 Å². The SMILES string of the molecule is N=C(N)c1cccc(Cn2ccnc2-c2ccc(Cl)c(Cl)c2)c1. The van der Waals surface area contributed by atoms with Gasteiger partial charge in [-0.3, -0.25) is 5.41 Å². The molecule has 0 aliphatic heterocycles. The van der Waals surface area contributed by atoms with Crippen LogP contribution in [0.4, 0.5) is 0 Å². The van der Waals surface area contributed by atoms with Crippen molar-refractivity contribution in [3.8, 4) is 11.4 Å². The summed E-state index contributed by atoms with van der Waals surface area (Å²) in [7, 11) is 0. The van der Waals surface area contributed by atoms with E-state index >= 15 is 0 Å².